The van der Waals surface area contributed by atoms with Gasteiger partial charge in [-0.1, -0.05) is 29.8 Å². The Balaban J connectivity index is 1.49. The molecule has 1 aromatic heterocycles. The van der Waals surface area contributed by atoms with Crippen LogP contribution in [0.15, 0.2) is 36.4 Å². The van der Waals surface area contributed by atoms with Crippen molar-refractivity contribution in [1.82, 2.24) is 5.32 Å². The Kier molecular flexibility index (Phi) is 3.87. The van der Waals surface area contributed by atoms with E-state index in [9.17, 15) is 4.39 Å². The molecule has 0 spiro atoms. The van der Waals surface area contributed by atoms with E-state index in [1.54, 1.807) is 23.5 Å². The van der Waals surface area contributed by atoms with Crippen molar-refractivity contribution in [1.29, 1.82) is 0 Å². The zero-order valence-corrected chi connectivity index (χ0v) is 12.0. The lowest BCUT2D eigenvalue weighted by atomic mass is 9.75. The summed E-state index contributed by atoms with van der Waals surface area (Å²) in [5.74, 6) is 0.293. The predicted molar refractivity (Wildman–Crippen MR) is 78.3 cm³/mol. The van der Waals surface area contributed by atoms with Crippen molar-refractivity contribution < 1.29 is 4.39 Å². The van der Waals surface area contributed by atoms with Crippen LogP contribution >= 0.6 is 22.9 Å². The molecule has 19 heavy (non-hydrogen) atoms. The highest BCUT2D eigenvalue weighted by molar-refractivity contribution is 7.16. The largest absolute Gasteiger partial charge is 0.309 e. The van der Waals surface area contributed by atoms with Crippen LogP contribution in [0, 0.1) is 5.82 Å². The summed E-state index contributed by atoms with van der Waals surface area (Å²) in [6.45, 7) is 0.853. The van der Waals surface area contributed by atoms with E-state index in [1.165, 1.54) is 4.88 Å². The monoisotopic (exact) mass is 295 g/mol. The smallest absolute Gasteiger partial charge is 0.126 e. The summed E-state index contributed by atoms with van der Waals surface area (Å²) in [6.07, 6.45) is 2.03. The summed E-state index contributed by atoms with van der Waals surface area (Å²) in [5.41, 5.74) is 0.861. The number of rotatable bonds is 4. The van der Waals surface area contributed by atoms with Gasteiger partial charge in [-0.2, -0.15) is 0 Å². The van der Waals surface area contributed by atoms with Crippen molar-refractivity contribution in [3.8, 4) is 0 Å². The summed E-state index contributed by atoms with van der Waals surface area (Å²) in [5, 5.41) is 3.50. The number of hydrogen-bond donors (Lipinski definition) is 1. The van der Waals surface area contributed by atoms with E-state index in [0.717, 1.165) is 29.3 Å². The van der Waals surface area contributed by atoms with Crippen molar-refractivity contribution in [2.45, 2.75) is 31.3 Å². The molecule has 4 heteroatoms. The molecule has 0 atom stereocenters. The van der Waals surface area contributed by atoms with Gasteiger partial charge in [0.2, 0.25) is 0 Å². The van der Waals surface area contributed by atoms with E-state index in [-0.39, 0.29) is 5.82 Å². The number of hydrogen-bond acceptors (Lipinski definition) is 2. The van der Waals surface area contributed by atoms with E-state index < -0.39 is 0 Å². The Labute approximate surface area is 121 Å². The molecule has 0 saturated heterocycles. The average Bonchev–Trinajstić information content (AvgIpc) is 2.75. The second kappa shape index (κ2) is 5.61. The van der Waals surface area contributed by atoms with Crippen LogP contribution in [0.1, 0.15) is 29.2 Å². The van der Waals surface area contributed by atoms with Crippen molar-refractivity contribution in [2.24, 2.45) is 0 Å². The quantitative estimate of drug-likeness (QED) is 0.871. The van der Waals surface area contributed by atoms with Crippen LogP contribution < -0.4 is 5.32 Å². The highest BCUT2D eigenvalue weighted by atomic mass is 35.5. The number of benzene rings is 1. The van der Waals surface area contributed by atoms with E-state index in [2.05, 4.69) is 5.32 Å². The van der Waals surface area contributed by atoms with Crippen LogP contribution in [0.4, 0.5) is 4.39 Å². The van der Waals surface area contributed by atoms with Gasteiger partial charge in [-0.3, -0.25) is 0 Å². The van der Waals surface area contributed by atoms with Gasteiger partial charge in [0.05, 0.1) is 4.34 Å². The van der Waals surface area contributed by atoms with Gasteiger partial charge in [0, 0.05) is 17.5 Å². The van der Waals surface area contributed by atoms with Gasteiger partial charge in [-0.05, 0) is 42.5 Å². The first-order chi connectivity index (χ1) is 9.22. The highest BCUT2D eigenvalue weighted by Crippen LogP contribution is 2.38. The second-order valence-corrected chi connectivity index (χ2v) is 6.77. The summed E-state index contributed by atoms with van der Waals surface area (Å²) >= 11 is 7.50. The molecule has 2 aromatic rings. The molecule has 0 amide bonds. The Bertz CT molecular complexity index is 563. The lowest BCUT2D eigenvalue weighted by Crippen LogP contribution is -2.39. The molecule has 1 N–H and O–H groups in total. The molecule has 1 aliphatic carbocycles. The van der Waals surface area contributed by atoms with Crippen molar-refractivity contribution in [3.63, 3.8) is 0 Å². The molecule has 100 valence electrons. The Hall–Kier alpha value is -0.900. The van der Waals surface area contributed by atoms with E-state index in [1.807, 2.05) is 24.3 Å². The minimum absolute atomic E-state index is 0.0732. The van der Waals surface area contributed by atoms with E-state index >= 15 is 0 Å². The van der Waals surface area contributed by atoms with Crippen molar-refractivity contribution in [3.05, 3.63) is 57.0 Å². The summed E-state index contributed by atoms with van der Waals surface area (Å²) in [4.78, 5) is 1.25. The van der Waals surface area contributed by atoms with Gasteiger partial charge in [0.25, 0.3) is 0 Å². The van der Waals surface area contributed by atoms with Gasteiger partial charge in [-0.15, -0.1) is 11.3 Å². The van der Waals surface area contributed by atoms with Crippen LogP contribution in [-0.2, 0) is 6.54 Å². The molecule has 1 fully saturated rings. The maximum absolute atomic E-state index is 13.6. The molecular formula is C15H15ClFNS. The van der Waals surface area contributed by atoms with Crippen LogP contribution in [0.25, 0.3) is 0 Å². The maximum Gasteiger partial charge on any atom is 0.126 e. The molecule has 1 aliphatic rings. The molecule has 1 saturated carbocycles. The van der Waals surface area contributed by atoms with Crippen LogP contribution in [-0.4, -0.2) is 6.04 Å². The molecule has 1 heterocycles. The van der Waals surface area contributed by atoms with Crippen LogP contribution in [0.5, 0.6) is 0 Å². The maximum atomic E-state index is 13.6. The van der Waals surface area contributed by atoms with Gasteiger partial charge >= 0.3 is 0 Å². The lowest BCUT2D eigenvalue weighted by Gasteiger charge is -2.36. The van der Waals surface area contributed by atoms with Crippen LogP contribution in [0.2, 0.25) is 4.34 Å². The second-order valence-electron chi connectivity index (χ2n) is 4.97. The number of halogens is 2. The SMILES string of the molecule is Fc1ccccc1C1CC(NCc2ccc(Cl)s2)C1. The third kappa shape index (κ3) is 2.99. The molecule has 0 radical (unpaired) electrons. The third-order valence-corrected chi connectivity index (χ3v) is 4.91. The molecule has 0 unspecified atom stereocenters. The van der Waals surface area contributed by atoms with Gasteiger partial charge in [0.15, 0.2) is 0 Å². The van der Waals surface area contributed by atoms with Gasteiger partial charge in [-0.25, -0.2) is 4.39 Å². The highest BCUT2D eigenvalue weighted by Gasteiger charge is 2.31. The fourth-order valence-electron chi connectivity index (χ4n) is 2.54. The standard InChI is InChI=1S/C15H15ClFNS/c16-15-6-5-12(19-15)9-18-11-7-10(8-11)13-3-1-2-4-14(13)17/h1-6,10-11,18H,7-9H2. The molecule has 0 bridgehead atoms. The average molecular weight is 296 g/mol. The molecule has 3 rings (SSSR count). The first kappa shape index (κ1) is 13.1. The summed E-state index contributed by atoms with van der Waals surface area (Å²) in [7, 11) is 0. The fourth-order valence-corrected chi connectivity index (χ4v) is 3.57. The van der Waals surface area contributed by atoms with Gasteiger partial charge in [0.1, 0.15) is 5.82 Å². The minimum atomic E-state index is -0.0732. The third-order valence-electron chi connectivity index (χ3n) is 3.68. The first-order valence-corrected chi connectivity index (χ1v) is 7.64. The first-order valence-electron chi connectivity index (χ1n) is 6.44. The molecule has 0 aliphatic heterocycles. The van der Waals surface area contributed by atoms with E-state index in [4.69, 9.17) is 11.6 Å². The lowest BCUT2D eigenvalue weighted by molar-refractivity contribution is 0.284. The van der Waals surface area contributed by atoms with Crippen LogP contribution in [0.3, 0.4) is 0 Å². The van der Waals surface area contributed by atoms with Gasteiger partial charge < -0.3 is 5.32 Å². The molecule has 1 aromatic carbocycles. The topological polar surface area (TPSA) is 12.0 Å². The Morgan fingerprint density at radius 2 is 2.00 bits per heavy atom. The van der Waals surface area contributed by atoms with E-state index in [0.29, 0.717) is 12.0 Å². The molecular weight excluding hydrogens is 281 g/mol. The minimum Gasteiger partial charge on any atom is -0.309 e. The van der Waals surface area contributed by atoms with Crippen molar-refractivity contribution >= 4 is 22.9 Å². The van der Waals surface area contributed by atoms with Crippen molar-refractivity contribution in [2.75, 3.05) is 0 Å². The molecule has 1 nitrogen and oxygen atoms in total. The number of thiophene rings is 1. The summed E-state index contributed by atoms with van der Waals surface area (Å²) < 4.78 is 14.4. The number of nitrogens with one attached hydrogen (secondary N) is 1. The Morgan fingerprint density at radius 1 is 1.21 bits per heavy atom. The fraction of sp³-hybridized carbons (Fsp3) is 0.333. The Morgan fingerprint density at radius 3 is 2.68 bits per heavy atom. The zero-order chi connectivity index (χ0) is 13.2. The predicted octanol–water partition coefficient (Wildman–Crippen LogP) is 4.58. The zero-order valence-electron chi connectivity index (χ0n) is 10.4. The summed E-state index contributed by atoms with van der Waals surface area (Å²) in [6, 6.07) is 11.6. The normalized spacial score (nSPS) is 22.2.